The molecule has 0 unspecified atom stereocenters. The summed E-state index contributed by atoms with van der Waals surface area (Å²) in [5.41, 5.74) is 4.07. The second kappa shape index (κ2) is 13.9. The fourth-order valence-electron chi connectivity index (χ4n) is 3.71. The summed E-state index contributed by atoms with van der Waals surface area (Å²) in [6.45, 7) is -0.258. The first-order valence-electron chi connectivity index (χ1n) is 12.1. The Hall–Kier alpha value is -3.57. The number of halogens is 3. The largest absolute Gasteiger partial charge is 0.493 e. The Morgan fingerprint density at radius 2 is 1.68 bits per heavy atom. The van der Waals surface area contributed by atoms with Crippen molar-refractivity contribution >= 4 is 67.0 Å². The standard InChI is InChI=1S/C29H24BrCl2N3O5S/c1-39-27-16-21(15-24(30)29(27)40-19-20-11-13-22(31)14-12-20)17-33-34-28(36)18-35(26-10-6-5-9-25(26)32)41(37,38)23-7-3-2-4-8-23/h2-17H,18-19H2,1H3,(H,34,36)/b33-17-. The minimum atomic E-state index is -4.10. The molecule has 0 aliphatic rings. The number of benzene rings is 4. The summed E-state index contributed by atoms with van der Waals surface area (Å²) in [5, 5.41) is 4.82. The van der Waals surface area contributed by atoms with Crippen LogP contribution in [-0.2, 0) is 21.4 Å². The van der Waals surface area contributed by atoms with E-state index in [2.05, 4.69) is 26.5 Å². The van der Waals surface area contributed by atoms with Crippen molar-refractivity contribution in [1.82, 2.24) is 5.43 Å². The molecule has 41 heavy (non-hydrogen) atoms. The van der Waals surface area contributed by atoms with Crippen LogP contribution in [0, 0.1) is 0 Å². The summed E-state index contributed by atoms with van der Waals surface area (Å²) in [6.07, 6.45) is 1.40. The molecule has 212 valence electrons. The fraction of sp³-hybridized carbons (Fsp3) is 0.103. The molecule has 0 bridgehead atoms. The van der Waals surface area contributed by atoms with E-state index < -0.39 is 22.5 Å². The Labute approximate surface area is 256 Å². The number of carbonyl (C=O) groups excluding carboxylic acids is 1. The molecule has 0 fully saturated rings. The highest BCUT2D eigenvalue weighted by Gasteiger charge is 2.28. The number of nitrogens with one attached hydrogen (secondary N) is 1. The molecule has 0 spiro atoms. The molecule has 4 aromatic carbocycles. The maximum atomic E-state index is 13.4. The van der Waals surface area contributed by atoms with Crippen LogP contribution in [-0.4, -0.2) is 34.2 Å². The minimum Gasteiger partial charge on any atom is -0.493 e. The van der Waals surface area contributed by atoms with Gasteiger partial charge in [0.05, 0.1) is 33.4 Å². The Morgan fingerprint density at radius 1 is 1.00 bits per heavy atom. The van der Waals surface area contributed by atoms with E-state index in [0.29, 0.717) is 33.2 Å². The normalized spacial score (nSPS) is 11.3. The maximum Gasteiger partial charge on any atom is 0.264 e. The van der Waals surface area contributed by atoms with Crippen molar-refractivity contribution in [3.8, 4) is 11.5 Å². The number of hydrogen-bond donors (Lipinski definition) is 1. The smallest absolute Gasteiger partial charge is 0.264 e. The molecular weight excluding hydrogens is 653 g/mol. The highest BCUT2D eigenvalue weighted by atomic mass is 79.9. The van der Waals surface area contributed by atoms with Gasteiger partial charge in [-0.25, -0.2) is 13.8 Å². The van der Waals surface area contributed by atoms with Gasteiger partial charge in [0.2, 0.25) is 0 Å². The second-order valence-corrected chi connectivity index (χ2v) is 12.1. The van der Waals surface area contributed by atoms with Gasteiger partial charge in [-0.1, -0.05) is 65.7 Å². The molecule has 0 aliphatic heterocycles. The number of amides is 1. The second-order valence-electron chi connectivity index (χ2n) is 8.52. The summed E-state index contributed by atoms with van der Waals surface area (Å²) < 4.78 is 39.8. The average molecular weight is 677 g/mol. The van der Waals surface area contributed by atoms with Gasteiger partial charge in [0.15, 0.2) is 11.5 Å². The van der Waals surface area contributed by atoms with E-state index in [9.17, 15) is 13.2 Å². The van der Waals surface area contributed by atoms with Crippen molar-refractivity contribution in [2.75, 3.05) is 18.0 Å². The average Bonchev–Trinajstić information content (AvgIpc) is 2.97. The molecule has 8 nitrogen and oxygen atoms in total. The van der Waals surface area contributed by atoms with Crippen molar-refractivity contribution in [2.24, 2.45) is 5.10 Å². The van der Waals surface area contributed by atoms with E-state index in [1.807, 2.05) is 12.1 Å². The number of nitrogens with zero attached hydrogens (tertiary/aromatic N) is 2. The summed E-state index contributed by atoms with van der Waals surface area (Å²) >= 11 is 15.7. The van der Waals surface area contributed by atoms with Crippen LogP contribution in [0.15, 0.2) is 105 Å². The molecule has 12 heteroatoms. The third-order valence-corrected chi connectivity index (χ3v) is 8.63. The number of hydrazone groups is 1. The number of para-hydroxylation sites is 1. The van der Waals surface area contributed by atoms with Crippen LogP contribution in [0.5, 0.6) is 11.5 Å². The number of rotatable bonds is 11. The van der Waals surface area contributed by atoms with Crippen LogP contribution in [0.2, 0.25) is 10.0 Å². The molecule has 4 aromatic rings. The van der Waals surface area contributed by atoms with Crippen molar-refractivity contribution in [3.63, 3.8) is 0 Å². The van der Waals surface area contributed by atoms with Crippen molar-refractivity contribution < 1.29 is 22.7 Å². The third kappa shape index (κ3) is 7.80. The first-order chi connectivity index (χ1) is 19.7. The number of anilines is 1. The van der Waals surface area contributed by atoms with Gasteiger partial charge in [-0.2, -0.15) is 5.10 Å². The van der Waals surface area contributed by atoms with E-state index in [1.165, 1.54) is 31.5 Å². The number of methoxy groups -OCH3 is 1. The van der Waals surface area contributed by atoms with Gasteiger partial charge in [-0.05, 0) is 75.6 Å². The summed E-state index contributed by atoms with van der Waals surface area (Å²) in [7, 11) is -2.59. The first-order valence-corrected chi connectivity index (χ1v) is 15.1. The van der Waals surface area contributed by atoms with Gasteiger partial charge in [0, 0.05) is 5.02 Å². The predicted octanol–water partition coefficient (Wildman–Crippen LogP) is 6.69. The van der Waals surface area contributed by atoms with Crippen LogP contribution >= 0.6 is 39.1 Å². The molecule has 0 aromatic heterocycles. The van der Waals surface area contributed by atoms with Crippen LogP contribution in [0.3, 0.4) is 0 Å². The van der Waals surface area contributed by atoms with E-state index in [4.69, 9.17) is 32.7 Å². The van der Waals surface area contributed by atoms with Crippen molar-refractivity contribution in [1.29, 1.82) is 0 Å². The van der Waals surface area contributed by atoms with Gasteiger partial charge in [0.25, 0.3) is 15.9 Å². The van der Waals surface area contributed by atoms with Crippen LogP contribution < -0.4 is 19.2 Å². The van der Waals surface area contributed by atoms with E-state index in [1.54, 1.807) is 60.7 Å². The SMILES string of the molecule is COc1cc(/C=N\NC(=O)CN(c2ccccc2Cl)S(=O)(=O)c2ccccc2)cc(Br)c1OCc1ccc(Cl)cc1. The van der Waals surface area contributed by atoms with Crippen LogP contribution in [0.25, 0.3) is 0 Å². The minimum absolute atomic E-state index is 0.0199. The van der Waals surface area contributed by atoms with Gasteiger partial charge >= 0.3 is 0 Å². The molecule has 1 N–H and O–H groups in total. The van der Waals surface area contributed by atoms with Gasteiger partial charge in [0.1, 0.15) is 13.2 Å². The van der Waals surface area contributed by atoms with E-state index in [-0.39, 0.29) is 15.6 Å². The van der Waals surface area contributed by atoms with Gasteiger partial charge in [-0.3, -0.25) is 9.10 Å². The van der Waals surface area contributed by atoms with Crippen molar-refractivity contribution in [3.05, 3.63) is 117 Å². The molecule has 0 aliphatic carbocycles. The lowest BCUT2D eigenvalue weighted by Crippen LogP contribution is -2.39. The zero-order chi connectivity index (χ0) is 29.4. The quantitative estimate of drug-likeness (QED) is 0.141. The summed E-state index contributed by atoms with van der Waals surface area (Å²) in [4.78, 5) is 12.9. The van der Waals surface area contributed by atoms with Crippen LogP contribution in [0.4, 0.5) is 5.69 Å². The lowest BCUT2D eigenvalue weighted by Gasteiger charge is -2.24. The Kier molecular flexibility index (Phi) is 10.3. The Morgan fingerprint density at radius 3 is 2.37 bits per heavy atom. The molecule has 0 saturated carbocycles. The maximum absolute atomic E-state index is 13.4. The molecule has 0 radical (unpaired) electrons. The number of hydrogen-bond acceptors (Lipinski definition) is 6. The summed E-state index contributed by atoms with van der Waals surface area (Å²) in [6, 6.07) is 24.9. The fourth-order valence-corrected chi connectivity index (χ4v) is 6.16. The molecule has 4 rings (SSSR count). The van der Waals surface area contributed by atoms with Crippen LogP contribution in [0.1, 0.15) is 11.1 Å². The highest BCUT2D eigenvalue weighted by Crippen LogP contribution is 2.37. The van der Waals surface area contributed by atoms with Gasteiger partial charge in [-0.15, -0.1) is 0 Å². The summed E-state index contributed by atoms with van der Waals surface area (Å²) in [5.74, 6) is 0.264. The number of carbonyl (C=O) groups is 1. The molecular formula is C29H24BrCl2N3O5S. The monoisotopic (exact) mass is 675 g/mol. The van der Waals surface area contributed by atoms with E-state index in [0.717, 1.165) is 9.87 Å². The molecule has 0 saturated heterocycles. The molecule has 0 atom stereocenters. The lowest BCUT2D eigenvalue weighted by molar-refractivity contribution is -0.119. The first kappa shape index (κ1) is 30.4. The third-order valence-electron chi connectivity index (χ3n) is 5.69. The topological polar surface area (TPSA) is 97.3 Å². The zero-order valence-corrected chi connectivity index (χ0v) is 25.5. The predicted molar refractivity (Wildman–Crippen MR) is 165 cm³/mol. The number of ether oxygens (including phenoxy) is 2. The van der Waals surface area contributed by atoms with E-state index >= 15 is 0 Å². The Balaban J connectivity index is 1.48. The lowest BCUT2D eigenvalue weighted by atomic mass is 10.2. The zero-order valence-electron chi connectivity index (χ0n) is 21.6. The Bertz CT molecular complexity index is 1650. The van der Waals surface area contributed by atoms with Gasteiger partial charge < -0.3 is 9.47 Å². The molecule has 0 heterocycles. The number of sulfonamides is 1. The highest BCUT2D eigenvalue weighted by molar-refractivity contribution is 9.10. The molecule has 1 amide bonds. The van der Waals surface area contributed by atoms with Crippen molar-refractivity contribution in [2.45, 2.75) is 11.5 Å².